The third-order valence-corrected chi connectivity index (χ3v) is 4.42. The molecule has 1 amide bonds. The molecule has 2 rings (SSSR count). The Morgan fingerprint density at radius 3 is 2.76 bits per heavy atom. The van der Waals surface area contributed by atoms with Gasteiger partial charge in [0.25, 0.3) is 0 Å². The van der Waals surface area contributed by atoms with Gasteiger partial charge < -0.3 is 20.1 Å². The fourth-order valence-electron chi connectivity index (χ4n) is 3.13. The molecule has 1 aliphatic rings. The number of nitrogens with one attached hydrogen (secondary N) is 1. The summed E-state index contributed by atoms with van der Waals surface area (Å²) in [6.45, 7) is 8.63. The maximum absolute atomic E-state index is 12.2. The lowest BCUT2D eigenvalue weighted by atomic mass is 9.95. The molecule has 0 aliphatic carbocycles. The van der Waals surface area contributed by atoms with Crippen molar-refractivity contribution in [2.45, 2.75) is 51.7 Å². The Morgan fingerprint density at radius 1 is 1.36 bits per heavy atom. The zero-order valence-electron chi connectivity index (χ0n) is 15.7. The minimum Gasteiger partial charge on any atom is -0.444 e. The van der Waals surface area contributed by atoms with E-state index >= 15 is 0 Å². The summed E-state index contributed by atoms with van der Waals surface area (Å²) in [6.07, 6.45) is 2.48. The Bertz CT molecular complexity index is 527. The second-order valence-corrected chi connectivity index (χ2v) is 7.85. The van der Waals surface area contributed by atoms with Crippen LogP contribution in [0.4, 0.5) is 4.79 Å². The zero-order valence-corrected chi connectivity index (χ0v) is 15.7. The number of piperidine rings is 1. The largest absolute Gasteiger partial charge is 0.444 e. The SMILES string of the molecule is CC(C)(C)OC(=O)N1CCCC(CCNC[C@H](O)c2ccccc2)C1. The van der Waals surface area contributed by atoms with Crippen LogP contribution < -0.4 is 5.32 Å². The second kappa shape index (κ2) is 9.20. The molecule has 1 aliphatic heterocycles. The van der Waals surface area contributed by atoms with Crippen LogP contribution in [0.5, 0.6) is 0 Å². The summed E-state index contributed by atoms with van der Waals surface area (Å²) in [5.74, 6) is 0.489. The van der Waals surface area contributed by atoms with Crippen molar-refractivity contribution < 1.29 is 14.6 Å². The Balaban J connectivity index is 1.68. The van der Waals surface area contributed by atoms with E-state index in [1.54, 1.807) is 0 Å². The smallest absolute Gasteiger partial charge is 0.410 e. The first-order chi connectivity index (χ1) is 11.8. The first-order valence-corrected chi connectivity index (χ1v) is 9.27. The van der Waals surface area contributed by atoms with Crippen LogP contribution in [0.15, 0.2) is 30.3 Å². The summed E-state index contributed by atoms with van der Waals surface area (Å²) < 4.78 is 5.47. The van der Waals surface area contributed by atoms with Crippen molar-refractivity contribution in [3.63, 3.8) is 0 Å². The number of aliphatic hydroxyl groups is 1. The minimum absolute atomic E-state index is 0.204. The molecule has 5 nitrogen and oxygen atoms in total. The van der Waals surface area contributed by atoms with Crippen molar-refractivity contribution in [1.29, 1.82) is 0 Å². The van der Waals surface area contributed by atoms with Crippen LogP contribution in [0, 0.1) is 5.92 Å². The number of amides is 1. The van der Waals surface area contributed by atoms with Gasteiger partial charge in [0.05, 0.1) is 6.10 Å². The van der Waals surface area contributed by atoms with E-state index in [-0.39, 0.29) is 6.09 Å². The van der Waals surface area contributed by atoms with Gasteiger partial charge in [-0.05, 0) is 58.1 Å². The van der Waals surface area contributed by atoms with Crippen LogP contribution in [0.1, 0.15) is 51.7 Å². The van der Waals surface area contributed by atoms with E-state index in [1.807, 2.05) is 56.0 Å². The predicted octanol–water partition coefficient (Wildman–Crippen LogP) is 3.35. The highest BCUT2D eigenvalue weighted by Gasteiger charge is 2.27. The van der Waals surface area contributed by atoms with Crippen LogP contribution in [0.25, 0.3) is 0 Å². The maximum atomic E-state index is 12.2. The van der Waals surface area contributed by atoms with Gasteiger partial charge in [0.15, 0.2) is 0 Å². The van der Waals surface area contributed by atoms with Crippen molar-refractivity contribution in [2.75, 3.05) is 26.2 Å². The van der Waals surface area contributed by atoms with Gasteiger partial charge >= 0.3 is 6.09 Å². The van der Waals surface area contributed by atoms with Gasteiger partial charge in [-0.2, -0.15) is 0 Å². The normalized spacial score (nSPS) is 19.5. The third-order valence-electron chi connectivity index (χ3n) is 4.42. The molecule has 140 valence electrons. The number of carbonyl (C=O) groups is 1. The summed E-state index contributed by atoms with van der Waals surface area (Å²) >= 11 is 0. The van der Waals surface area contributed by atoms with Gasteiger partial charge in [-0.1, -0.05) is 30.3 Å². The van der Waals surface area contributed by atoms with Crippen molar-refractivity contribution in [1.82, 2.24) is 10.2 Å². The molecule has 5 heteroatoms. The highest BCUT2D eigenvalue weighted by molar-refractivity contribution is 5.68. The van der Waals surface area contributed by atoms with Crippen LogP contribution in [-0.2, 0) is 4.74 Å². The summed E-state index contributed by atoms with van der Waals surface area (Å²) in [7, 11) is 0. The number of nitrogens with zero attached hydrogens (tertiary/aromatic N) is 1. The molecule has 1 fully saturated rings. The minimum atomic E-state index is -0.481. The van der Waals surface area contributed by atoms with E-state index in [1.165, 1.54) is 0 Å². The number of benzene rings is 1. The Labute approximate surface area is 151 Å². The lowest BCUT2D eigenvalue weighted by Gasteiger charge is -2.34. The van der Waals surface area contributed by atoms with Crippen LogP contribution >= 0.6 is 0 Å². The van der Waals surface area contributed by atoms with E-state index in [0.29, 0.717) is 12.5 Å². The molecule has 0 spiro atoms. The first kappa shape index (κ1) is 19.7. The topological polar surface area (TPSA) is 61.8 Å². The highest BCUT2D eigenvalue weighted by Crippen LogP contribution is 2.21. The molecule has 0 aromatic heterocycles. The van der Waals surface area contributed by atoms with Crippen LogP contribution in [-0.4, -0.2) is 47.9 Å². The van der Waals surface area contributed by atoms with E-state index in [2.05, 4.69) is 5.32 Å². The molecule has 25 heavy (non-hydrogen) atoms. The second-order valence-electron chi connectivity index (χ2n) is 7.85. The van der Waals surface area contributed by atoms with Gasteiger partial charge in [-0.15, -0.1) is 0 Å². The van der Waals surface area contributed by atoms with Crippen LogP contribution in [0.3, 0.4) is 0 Å². The number of carbonyl (C=O) groups excluding carboxylic acids is 1. The molecular formula is C20H32N2O3. The summed E-state index contributed by atoms with van der Waals surface area (Å²) in [5, 5.41) is 13.5. The molecular weight excluding hydrogens is 316 g/mol. The lowest BCUT2D eigenvalue weighted by Crippen LogP contribution is -2.43. The maximum Gasteiger partial charge on any atom is 0.410 e. The molecule has 2 atom stereocenters. The third kappa shape index (κ3) is 7.04. The number of rotatable bonds is 6. The van der Waals surface area contributed by atoms with Gasteiger partial charge in [0.2, 0.25) is 0 Å². The average molecular weight is 348 g/mol. The quantitative estimate of drug-likeness (QED) is 0.774. The molecule has 2 N–H and O–H groups in total. The average Bonchev–Trinajstić information content (AvgIpc) is 2.58. The Hall–Kier alpha value is -1.59. The number of aliphatic hydroxyl groups excluding tert-OH is 1. The molecule has 1 aromatic rings. The lowest BCUT2D eigenvalue weighted by molar-refractivity contribution is 0.0161. The van der Waals surface area contributed by atoms with E-state index in [0.717, 1.165) is 44.5 Å². The van der Waals surface area contributed by atoms with E-state index in [9.17, 15) is 9.90 Å². The Kier molecular flexibility index (Phi) is 7.26. The number of ether oxygens (including phenoxy) is 1. The molecule has 1 unspecified atom stereocenters. The molecule has 1 aromatic carbocycles. The van der Waals surface area contributed by atoms with Gasteiger partial charge in [0.1, 0.15) is 5.60 Å². The van der Waals surface area contributed by atoms with Crippen molar-refractivity contribution in [2.24, 2.45) is 5.92 Å². The van der Waals surface area contributed by atoms with E-state index < -0.39 is 11.7 Å². The van der Waals surface area contributed by atoms with E-state index in [4.69, 9.17) is 4.74 Å². The van der Waals surface area contributed by atoms with Crippen molar-refractivity contribution in [3.8, 4) is 0 Å². The van der Waals surface area contributed by atoms with Crippen molar-refractivity contribution in [3.05, 3.63) is 35.9 Å². The molecule has 0 saturated carbocycles. The first-order valence-electron chi connectivity index (χ1n) is 9.27. The summed E-state index contributed by atoms with van der Waals surface area (Å²) in [5.41, 5.74) is 0.489. The number of hydrogen-bond acceptors (Lipinski definition) is 4. The molecule has 1 heterocycles. The zero-order chi connectivity index (χ0) is 18.3. The number of hydrogen-bond donors (Lipinski definition) is 2. The fraction of sp³-hybridized carbons (Fsp3) is 0.650. The fourth-order valence-corrected chi connectivity index (χ4v) is 3.13. The van der Waals surface area contributed by atoms with Crippen LogP contribution in [0.2, 0.25) is 0 Å². The standard InChI is InChI=1S/C20H32N2O3/c1-20(2,3)25-19(24)22-13-7-8-16(15-22)11-12-21-14-18(23)17-9-5-4-6-10-17/h4-6,9-10,16,18,21,23H,7-8,11-15H2,1-3H3/t16?,18-/m0/s1. The van der Waals surface area contributed by atoms with Gasteiger partial charge in [0, 0.05) is 19.6 Å². The highest BCUT2D eigenvalue weighted by atomic mass is 16.6. The Morgan fingerprint density at radius 2 is 2.08 bits per heavy atom. The molecule has 1 saturated heterocycles. The number of likely N-dealkylation sites (tertiary alicyclic amines) is 1. The van der Waals surface area contributed by atoms with Crippen molar-refractivity contribution >= 4 is 6.09 Å². The van der Waals surface area contributed by atoms with Gasteiger partial charge in [-0.3, -0.25) is 0 Å². The predicted molar refractivity (Wildman–Crippen MR) is 99.4 cm³/mol. The monoisotopic (exact) mass is 348 g/mol. The summed E-state index contributed by atoms with van der Waals surface area (Å²) in [4.78, 5) is 14.0. The summed E-state index contributed by atoms with van der Waals surface area (Å²) in [6, 6.07) is 9.69. The molecule has 0 bridgehead atoms. The van der Waals surface area contributed by atoms with Gasteiger partial charge in [-0.25, -0.2) is 4.79 Å². The molecule has 0 radical (unpaired) electrons.